The Morgan fingerprint density at radius 1 is 0.739 bits per heavy atom. The molecule has 1 N–H and O–H groups in total. The molecule has 0 aliphatic rings. The van der Waals surface area contributed by atoms with E-state index in [9.17, 15) is 4.79 Å². The van der Waals surface area contributed by atoms with Crippen molar-refractivity contribution in [3.05, 3.63) is 0 Å². The van der Waals surface area contributed by atoms with Gasteiger partial charge in [0.2, 0.25) is 5.91 Å². The average Bonchev–Trinajstić information content (AvgIpc) is 2.49. The molecule has 23 heavy (non-hydrogen) atoms. The Labute approximate surface area is 141 Å². The first kappa shape index (κ1) is 22.3. The Bertz CT molecular complexity index is 272. The fourth-order valence-corrected chi connectivity index (χ4v) is 1.51. The Balaban J connectivity index is 3.12. The Morgan fingerprint density at radius 3 is 1.70 bits per heavy atom. The molecule has 0 radical (unpaired) electrons. The van der Waals surface area contributed by atoms with E-state index < -0.39 is 0 Å². The standard InChI is InChI=1S/C17H35NO5/c1-15(2)5-6-20-7-8-21-9-10-22-11-12-23-14-17(19)18-13-16(3)4/h15-16H,5-14H2,1-4H3,(H,18,19). The lowest BCUT2D eigenvalue weighted by Crippen LogP contribution is -2.31. The molecular weight excluding hydrogens is 298 g/mol. The van der Waals surface area contributed by atoms with Crippen LogP contribution in [0.25, 0.3) is 0 Å². The molecular formula is C17H35NO5. The van der Waals surface area contributed by atoms with E-state index in [0.29, 0.717) is 58.0 Å². The highest BCUT2D eigenvalue weighted by molar-refractivity contribution is 5.77. The topological polar surface area (TPSA) is 66.0 Å². The van der Waals surface area contributed by atoms with Gasteiger partial charge in [-0.15, -0.1) is 0 Å². The van der Waals surface area contributed by atoms with Gasteiger partial charge in [0, 0.05) is 13.2 Å². The maximum Gasteiger partial charge on any atom is 0.246 e. The van der Waals surface area contributed by atoms with Gasteiger partial charge in [0.15, 0.2) is 0 Å². The van der Waals surface area contributed by atoms with Gasteiger partial charge in [-0.05, 0) is 18.3 Å². The van der Waals surface area contributed by atoms with Gasteiger partial charge < -0.3 is 24.3 Å². The summed E-state index contributed by atoms with van der Waals surface area (Å²) >= 11 is 0. The SMILES string of the molecule is CC(C)CCOCCOCCOCCOCC(=O)NCC(C)C. The lowest BCUT2D eigenvalue weighted by molar-refractivity contribution is -0.126. The van der Waals surface area contributed by atoms with Crippen LogP contribution in [0.2, 0.25) is 0 Å². The summed E-state index contributed by atoms with van der Waals surface area (Å²) in [4.78, 5) is 11.4. The molecule has 0 aliphatic heterocycles. The van der Waals surface area contributed by atoms with E-state index in [2.05, 4.69) is 33.0 Å². The van der Waals surface area contributed by atoms with E-state index in [4.69, 9.17) is 18.9 Å². The predicted molar refractivity (Wildman–Crippen MR) is 90.6 cm³/mol. The number of hydrogen-bond donors (Lipinski definition) is 1. The van der Waals surface area contributed by atoms with Gasteiger partial charge in [-0.3, -0.25) is 4.79 Å². The smallest absolute Gasteiger partial charge is 0.246 e. The molecule has 0 saturated carbocycles. The summed E-state index contributed by atoms with van der Waals surface area (Å²) in [7, 11) is 0. The minimum atomic E-state index is -0.0838. The quantitative estimate of drug-likeness (QED) is 0.437. The lowest BCUT2D eigenvalue weighted by Gasteiger charge is -2.09. The van der Waals surface area contributed by atoms with Gasteiger partial charge in [0.25, 0.3) is 0 Å². The third-order valence-corrected chi connectivity index (χ3v) is 2.90. The summed E-state index contributed by atoms with van der Waals surface area (Å²) in [5, 5.41) is 2.79. The predicted octanol–water partition coefficient (Wildman–Crippen LogP) is 1.87. The third-order valence-electron chi connectivity index (χ3n) is 2.90. The number of nitrogens with one attached hydrogen (secondary N) is 1. The number of amides is 1. The van der Waals surface area contributed by atoms with Gasteiger partial charge in [-0.1, -0.05) is 27.7 Å². The molecule has 0 fully saturated rings. The monoisotopic (exact) mass is 333 g/mol. The van der Waals surface area contributed by atoms with Crippen LogP contribution < -0.4 is 5.32 Å². The number of rotatable bonds is 16. The second kappa shape index (κ2) is 16.2. The zero-order valence-electron chi connectivity index (χ0n) is 15.3. The molecule has 0 heterocycles. The molecule has 0 aliphatic carbocycles. The van der Waals surface area contributed by atoms with Crippen LogP contribution in [0.4, 0.5) is 0 Å². The average molecular weight is 333 g/mol. The van der Waals surface area contributed by atoms with E-state index in [1.165, 1.54) is 0 Å². The molecule has 0 spiro atoms. The van der Waals surface area contributed by atoms with Crippen LogP contribution in [0.15, 0.2) is 0 Å². The van der Waals surface area contributed by atoms with Crippen molar-refractivity contribution < 1.29 is 23.7 Å². The highest BCUT2D eigenvalue weighted by atomic mass is 16.6. The van der Waals surface area contributed by atoms with E-state index >= 15 is 0 Å². The van der Waals surface area contributed by atoms with Crippen molar-refractivity contribution in [2.24, 2.45) is 11.8 Å². The first-order chi connectivity index (χ1) is 11.0. The van der Waals surface area contributed by atoms with E-state index in [-0.39, 0.29) is 12.5 Å². The van der Waals surface area contributed by atoms with Gasteiger partial charge >= 0.3 is 0 Å². The molecule has 0 unspecified atom stereocenters. The minimum absolute atomic E-state index is 0.0836. The molecule has 0 saturated heterocycles. The zero-order valence-corrected chi connectivity index (χ0v) is 15.3. The highest BCUT2D eigenvalue weighted by Gasteiger charge is 2.02. The summed E-state index contributed by atoms with van der Waals surface area (Å²) in [5.74, 6) is 1.04. The van der Waals surface area contributed by atoms with Crippen LogP contribution in [-0.2, 0) is 23.7 Å². The highest BCUT2D eigenvalue weighted by Crippen LogP contribution is 1.98. The number of carbonyl (C=O) groups is 1. The van der Waals surface area contributed by atoms with E-state index in [1.807, 2.05) is 0 Å². The Kier molecular flexibility index (Phi) is 15.7. The van der Waals surface area contributed by atoms with Gasteiger partial charge in [0.05, 0.1) is 39.6 Å². The number of ether oxygens (including phenoxy) is 4. The molecule has 138 valence electrons. The summed E-state index contributed by atoms with van der Waals surface area (Å²) < 4.78 is 21.4. The summed E-state index contributed by atoms with van der Waals surface area (Å²) in [6.07, 6.45) is 1.08. The van der Waals surface area contributed by atoms with Crippen molar-refractivity contribution in [1.29, 1.82) is 0 Å². The lowest BCUT2D eigenvalue weighted by atomic mass is 10.1. The molecule has 0 atom stereocenters. The van der Waals surface area contributed by atoms with Crippen LogP contribution >= 0.6 is 0 Å². The minimum Gasteiger partial charge on any atom is -0.379 e. The number of carbonyl (C=O) groups excluding carboxylic acids is 1. The van der Waals surface area contributed by atoms with Gasteiger partial charge in [-0.25, -0.2) is 0 Å². The first-order valence-electron chi connectivity index (χ1n) is 8.60. The van der Waals surface area contributed by atoms with Crippen molar-refractivity contribution in [3.8, 4) is 0 Å². The third kappa shape index (κ3) is 19.3. The van der Waals surface area contributed by atoms with Crippen molar-refractivity contribution in [2.45, 2.75) is 34.1 Å². The van der Waals surface area contributed by atoms with E-state index in [1.54, 1.807) is 0 Å². The Morgan fingerprint density at radius 2 is 1.22 bits per heavy atom. The van der Waals surface area contributed by atoms with Crippen molar-refractivity contribution in [2.75, 3.05) is 59.4 Å². The van der Waals surface area contributed by atoms with Crippen molar-refractivity contribution >= 4 is 5.91 Å². The largest absolute Gasteiger partial charge is 0.379 e. The molecule has 6 nitrogen and oxygen atoms in total. The zero-order chi connectivity index (χ0) is 17.3. The number of hydrogen-bond acceptors (Lipinski definition) is 5. The van der Waals surface area contributed by atoms with Gasteiger partial charge in [0.1, 0.15) is 6.61 Å². The van der Waals surface area contributed by atoms with Crippen LogP contribution in [-0.4, -0.2) is 65.3 Å². The molecule has 1 amide bonds. The van der Waals surface area contributed by atoms with Crippen molar-refractivity contribution in [3.63, 3.8) is 0 Å². The molecule has 0 aromatic heterocycles. The second-order valence-electron chi connectivity index (χ2n) is 6.27. The van der Waals surface area contributed by atoms with Crippen LogP contribution in [0.1, 0.15) is 34.1 Å². The van der Waals surface area contributed by atoms with Crippen LogP contribution in [0.5, 0.6) is 0 Å². The maximum atomic E-state index is 11.4. The molecule has 0 rings (SSSR count). The van der Waals surface area contributed by atoms with E-state index in [0.717, 1.165) is 13.0 Å². The summed E-state index contributed by atoms with van der Waals surface area (Å²) in [6, 6.07) is 0. The normalized spacial score (nSPS) is 11.4. The van der Waals surface area contributed by atoms with Crippen molar-refractivity contribution in [1.82, 2.24) is 5.32 Å². The van der Waals surface area contributed by atoms with Crippen LogP contribution in [0, 0.1) is 11.8 Å². The van der Waals surface area contributed by atoms with Crippen LogP contribution in [0.3, 0.4) is 0 Å². The molecule has 6 heteroatoms. The molecule has 0 aromatic rings. The fraction of sp³-hybridized carbons (Fsp3) is 0.941. The summed E-state index contributed by atoms with van der Waals surface area (Å²) in [5.41, 5.74) is 0. The molecule has 0 bridgehead atoms. The second-order valence-corrected chi connectivity index (χ2v) is 6.27. The maximum absolute atomic E-state index is 11.4. The Hall–Kier alpha value is -0.690. The van der Waals surface area contributed by atoms with Gasteiger partial charge in [-0.2, -0.15) is 0 Å². The first-order valence-corrected chi connectivity index (χ1v) is 8.60. The molecule has 0 aromatic carbocycles. The summed E-state index contributed by atoms with van der Waals surface area (Å²) in [6.45, 7) is 13.2. The fourth-order valence-electron chi connectivity index (χ4n) is 1.51.